The van der Waals surface area contributed by atoms with Gasteiger partial charge in [0, 0.05) is 30.3 Å². The molecule has 2 N–H and O–H groups in total. The second-order valence-electron chi connectivity index (χ2n) is 10.6. The van der Waals surface area contributed by atoms with Crippen molar-refractivity contribution in [3.8, 4) is 23.0 Å². The number of hydrogen-bond acceptors (Lipinski definition) is 10. The number of rotatable bonds is 9. The SMILES string of the molecule is CC[C@@H](SC1=Nc2ccccc2C2=N[C@@H](CCC(=O)NCc3ccc4c(c3)OCO4)C(=O)N12)C(=O)Nc1ccc2c(c1)OCO2. The van der Waals surface area contributed by atoms with Crippen molar-refractivity contribution in [2.45, 2.75) is 44.0 Å². The van der Waals surface area contributed by atoms with Gasteiger partial charge in [0.15, 0.2) is 28.2 Å². The van der Waals surface area contributed by atoms with Gasteiger partial charge in [-0.2, -0.15) is 0 Å². The zero-order valence-corrected chi connectivity index (χ0v) is 25.1. The third kappa shape index (κ3) is 5.78. The van der Waals surface area contributed by atoms with Gasteiger partial charge in [0.2, 0.25) is 25.4 Å². The number of aliphatic imine (C=N–C) groups is 2. The van der Waals surface area contributed by atoms with E-state index in [0.717, 1.165) is 11.1 Å². The van der Waals surface area contributed by atoms with Gasteiger partial charge in [-0.3, -0.25) is 19.4 Å². The van der Waals surface area contributed by atoms with Crippen molar-refractivity contribution in [2.24, 2.45) is 9.98 Å². The zero-order chi connectivity index (χ0) is 30.9. The summed E-state index contributed by atoms with van der Waals surface area (Å²) in [7, 11) is 0. The van der Waals surface area contributed by atoms with Crippen LogP contribution in [0, 0.1) is 0 Å². The average Bonchev–Trinajstić information content (AvgIpc) is 3.80. The first-order valence-corrected chi connectivity index (χ1v) is 15.5. The summed E-state index contributed by atoms with van der Waals surface area (Å²) in [5.74, 6) is 2.30. The Morgan fingerprint density at radius 1 is 0.978 bits per heavy atom. The van der Waals surface area contributed by atoms with Crippen molar-refractivity contribution in [1.82, 2.24) is 10.2 Å². The van der Waals surface area contributed by atoms with Gasteiger partial charge in [0.1, 0.15) is 11.9 Å². The highest BCUT2D eigenvalue weighted by Gasteiger charge is 2.42. The number of para-hydroxylation sites is 1. The first-order chi connectivity index (χ1) is 22.0. The topological polar surface area (TPSA) is 140 Å². The lowest BCUT2D eigenvalue weighted by Gasteiger charge is -2.27. The second kappa shape index (κ2) is 12.2. The lowest BCUT2D eigenvalue weighted by Crippen LogP contribution is -2.42. The molecule has 4 aliphatic rings. The maximum Gasteiger partial charge on any atom is 0.259 e. The molecule has 3 amide bonds. The van der Waals surface area contributed by atoms with Crippen LogP contribution in [0.1, 0.15) is 37.3 Å². The average molecular weight is 628 g/mol. The summed E-state index contributed by atoms with van der Waals surface area (Å²) in [6.45, 7) is 2.55. The summed E-state index contributed by atoms with van der Waals surface area (Å²) in [5.41, 5.74) is 2.85. The number of nitrogens with one attached hydrogen (secondary N) is 2. The predicted octanol–water partition coefficient (Wildman–Crippen LogP) is 4.35. The Bertz CT molecular complexity index is 1760. The molecule has 13 heteroatoms. The van der Waals surface area contributed by atoms with Gasteiger partial charge < -0.3 is 29.6 Å². The summed E-state index contributed by atoms with van der Waals surface area (Å²) in [4.78, 5) is 50.8. The number of ether oxygens (including phenoxy) is 4. The molecule has 4 heterocycles. The Labute approximate surface area is 262 Å². The van der Waals surface area contributed by atoms with E-state index in [-0.39, 0.29) is 44.1 Å². The minimum atomic E-state index is -0.754. The fraction of sp³-hybridized carbons (Fsp3) is 0.281. The van der Waals surface area contributed by atoms with Crippen LogP contribution < -0.4 is 29.6 Å². The van der Waals surface area contributed by atoms with E-state index >= 15 is 0 Å². The summed E-state index contributed by atoms with van der Waals surface area (Å²) in [5, 5.41) is 5.67. The second-order valence-corrected chi connectivity index (χ2v) is 11.8. The van der Waals surface area contributed by atoms with Crippen LogP contribution in [0.5, 0.6) is 23.0 Å². The molecule has 0 radical (unpaired) electrons. The maximum absolute atomic E-state index is 13.7. The van der Waals surface area contributed by atoms with Gasteiger partial charge in [-0.15, -0.1) is 0 Å². The molecule has 0 bridgehead atoms. The lowest BCUT2D eigenvalue weighted by atomic mass is 10.1. The molecule has 3 aromatic rings. The molecule has 7 rings (SSSR count). The lowest BCUT2D eigenvalue weighted by molar-refractivity contribution is -0.125. The van der Waals surface area contributed by atoms with Crippen molar-refractivity contribution < 1.29 is 33.3 Å². The predicted molar refractivity (Wildman–Crippen MR) is 167 cm³/mol. The molecule has 230 valence electrons. The van der Waals surface area contributed by atoms with Crippen LogP contribution >= 0.6 is 11.8 Å². The number of carbonyl (C=O) groups is 3. The maximum atomic E-state index is 13.7. The van der Waals surface area contributed by atoms with Gasteiger partial charge >= 0.3 is 0 Å². The van der Waals surface area contributed by atoms with E-state index < -0.39 is 11.3 Å². The summed E-state index contributed by atoms with van der Waals surface area (Å²) in [6.07, 6.45) is 0.833. The van der Waals surface area contributed by atoms with Crippen LogP contribution in [-0.2, 0) is 20.9 Å². The van der Waals surface area contributed by atoms with E-state index in [1.165, 1.54) is 16.7 Å². The van der Waals surface area contributed by atoms with Gasteiger partial charge in [0.25, 0.3) is 5.91 Å². The molecule has 45 heavy (non-hydrogen) atoms. The van der Waals surface area contributed by atoms with E-state index in [9.17, 15) is 14.4 Å². The number of thioether (sulfide) groups is 1. The van der Waals surface area contributed by atoms with Crippen molar-refractivity contribution in [2.75, 3.05) is 18.9 Å². The molecule has 0 spiro atoms. The Morgan fingerprint density at radius 2 is 1.71 bits per heavy atom. The number of benzene rings is 3. The number of amidine groups is 2. The minimum absolute atomic E-state index is 0.113. The molecule has 0 aliphatic carbocycles. The normalized spacial score (nSPS) is 17.7. The molecule has 2 atom stereocenters. The van der Waals surface area contributed by atoms with E-state index in [1.807, 2.05) is 49.4 Å². The minimum Gasteiger partial charge on any atom is -0.454 e. The highest BCUT2D eigenvalue weighted by atomic mass is 32.2. The monoisotopic (exact) mass is 627 g/mol. The molecule has 0 aromatic heterocycles. The highest BCUT2D eigenvalue weighted by Crippen LogP contribution is 2.37. The molecule has 0 unspecified atom stereocenters. The van der Waals surface area contributed by atoms with Crippen molar-refractivity contribution in [3.05, 3.63) is 71.8 Å². The molecule has 0 fully saturated rings. The third-order valence-corrected chi connectivity index (χ3v) is 8.99. The Hall–Kier alpha value is -5.04. The van der Waals surface area contributed by atoms with Crippen LogP contribution in [0.4, 0.5) is 11.4 Å². The van der Waals surface area contributed by atoms with Gasteiger partial charge in [0.05, 0.1) is 10.9 Å². The first kappa shape index (κ1) is 28.7. The molecule has 12 nitrogen and oxygen atoms in total. The number of amides is 3. The summed E-state index contributed by atoms with van der Waals surface area (Å²) >= 11 is 1.21. The van der Waals surface area contributed by atoms with Crippen LogP contribution in [0.15, 0.2) is 70.6 Å². The fourth-order valence-corrected chi connectivity index (χ4v) is 6.34. The number of fused-ring (bicyclic) bond motifs is 5. The smallest absolute Gasteiger partial charge is 0.259 e. The van der Waals surface area contributed by atoms with Crippen LogP contribution in [-0.4, -0.2) is 58.5 Å². The Morgan fingerprint density at radius 3 is 2.51 bits per heavy atom. The third-order valence-electron chi connectivity index (χ3n) is 7.67. The van der Waals surface area contributed by atoms with Crippen molar-refractivity contribution >= 4 is 51.9 Å². The first-order valence-electron chi connectivity index (χ1n) is 14.6. The number of anilines is 1. The molecular formula is C32H29N5O7S. The van der Waals surface area contributed by atoms with E-state index in [4.69, 9.17) is 28.9 Å². The van der Waals surface area contributed by atoms with Crippen molar-refractivity contribution in [3.63, 3.8) is 0 Å². The molecule has 0 saturated heterocycles. The zero-order valence-electron chi connectivity index (χ0n) is 24.3. The number of carbonyl (C=O) groups excluding carboxylic acids is 3. The van der Waals surface area contributed by atoms with Crippen LogP contribution in [0.3, 0.4) is 0 Å². The van der Waals surface area contributed by atoms with E-state index in [2.05, 4.69) is 10.6 Å². The highest BCUT2D eigenvalue weighted by molar-refractivity contribution is 8.15. The fourth-order valence-electron chi connectivity index (χ4n) is 5.32. The van der Waals surface area contributed by atoms with Gasteiger partial charge in [-0.25, -0.2) is 9.89 Å². The Kier molecular flexibility index (Phi) is 7.76. The number of hydrogen-bond donors (Lipinski definition) is 2. The summed E-state index contributed by atoms with van der Waals surface area (Å²) < 4.78 is 21.5. The van der Waals surface area contributed by atoms with E-state index in [1.54, 1.807) is 18.2 Å². The van der Waals surface area contributed by atoms with Crippen LogP contribution in [0.2, 0.25) is 0 Å². The standard InChI is InChI=1S/C32H29N5O7S/c1-2-27(30(39)34-19-8-11-24-26(14-19)44-17-42-24)45-32-36-21-6-4-3-5-20(21)29-35-22(31(40)37(29)32)9-12-28(38)33-15-18-7-10-23-25(13-18)43-16-41-23/h3-8,10-11,13-14,22,27H,2,9,12,15-17H2,1H3,(H,33,38)(H,34,39)/t22-,27+/m0/s1. The summed E-state index contributed by atoms with van der Waals surface area (Å²) in [6, 6.07) is 17.4. The number of nitrogens with zero attached hydrogens (tertiary/aromatic N) is 3. The van der Waals surface area contributed by atoms with Gasteiger partial charge in [-0.05, 0) is 54.8 Å². The Balaban J connectivity index is 1.02. The molecule has 4 aliphatic heterocycles. The van der Waals surface area contributed by atoms with Crippen molar-refractivity contribution in [1.29, 1.82) is 0 Å². The quantitative estimate of drug-likeness (QED) is 0.357. The molecule has 0 saturated carbocycles. The van der Waals surface area contributed by atoms with Gasteiger partial charge in [-0.1, -0.05) is 36.9 Å². The molecule has 3 aromatic carbocycles. The largest absolute Gasteiger partial charge is 0.454 e. The molecular weight excluding hydrogens is 598 g/mol. The van der Waals surface area contributed by atoms with Crippen LogP contribution in [0.25, 0.3) is 0 Å². The van der Waals surface area contributed by atoms with E-state index in [0.29, 0.717) is 58.3 Å².